The molecule has 1 fully saturated rings. The van der Waals surface area contributed by atoms with E-state index in [9.17, 15) is 0 Å². The summed E-state index contributed by atoms with van der Waals surface area (Å²) >= 11 is 0. The third kappa shape index (κ3) is 0.778. The number of hydrogen-bond acceptors (Lipinski definition) is 1. The molecule has 0 radical (unpaired) electrons. The minimum Gasteiger partial charge on any atom is -0.308 e. The highest BCUT2D eigenvalue weighted by Crippen LogP contribution is 2.24. The van der Waals surface area contributed by atoms with E-state index in [-0.39, 0.29) is 0 Å². The molecular weight excluding hydrogens is 86.1 g/mol. The second-order valence-electron chi connectivity index (χ2n) is 2.34. The van der Waals surface area contributed by atoms with Crippen molar-refractivity contribution in [3.63, 3.8) is 0 Å². The molecule has 0 aliphatic carbocycles. The normalized spacial score (nSPS) is 24.9. The molecule has 0 aromatic carbocycles. The quantitative estimate of drug-likeness (QED) is 0.515. The zero-order valence-corrected chi connectivity index (χ0v) is 5.12. The van der Waals surface area contributed by atoms with E-state index < -0.39 is 0 Å². The van der Waals surface area contributed by atoms with E-state index in [4.69, 9.17) is 0 Å². The number of hydrogen-bond donors (Lipinski definition) is 1. The average molecular weight is 99.2 g/mol. The molecule has 1 nitrogen and oxygen atoms in total. The Morgan fingerprint density at radius 1 is 1.43 bits per heavy atom. The molecule has 0 bridgehead atoms. The van der Waals surface area contributed by atoms with Crippen LogP contribution in [0.25, 0.3) is 0 Å². The Morgan fingerprint density at radius 2 is 1.86 bits per heavy atom. The fourth-order valence-corrected chi connectivity index (χ4v) is 0.875. The maximum Gasteiger partial charge on any atom is 0.0302 e. The molecule has 1 saturated heterocycles. The second-order valence-corrected chi connectivity index (χ2v) is 2.34. The van der Waals surface area contributed by atoms with Crippen molar-refractivity contribution in [1.82, 2.24) is 5.32 Å². The highest BCUT2D eigenvalue weighted by atomic mass is 15.2. The van der Waals surface area contributed by atoms with E-state index >= 15 is 0 Å². The summed E-state index contributed by atoms with van der Waals surface area (Å²) in [6.45, 7) is 5.73. The van der Waals surface area contributed by atoms with E-state index in [1.54, 1.807) is 0 Å². The molecule has 0 aromatic heterocycles. The van der Waals surface area contributed by atoms with Crippen molar-refractivity contribution in [2.45, 2.75) is 32.2 Å². The van der Waals surface area contributed by atoms with Crippen LogP contribution in [-0.2, 0) is 0 Å². The van der Waals surface area contributed by atoms with Crippen molar-refractivity contribution in [2.75, 3.05) is 6.54 Å². The van der Waals surface area contributed by atoms with E-state index in [2.05, 4.69) is 19.2 Å². The fraction of sp³-hybridized carbons (Fsp3) is 1.00. The Hall–Kier alpha value is -0.0400. The molecule has 0 spiro atoms. The maximum absolute atomic E-state index is 3.35. The van der Waals surface area contributed by atoms with Crippen LogP contribution in [0.1, 0.15) is 26.7 Å². The molecule has 42 valence electrons. The van der Waals surface area contributed by atoms with Crippen LogP contribution in [0.3, 0.4) is 0 Å². The summed E-state index contributed by atoms with van der Waals surface area (Å²) in [5, 5.41) is 3.35. The van der Waals surface area contributed by atoms with Gasteiger partial charge in [-0.1, -0.05) is 13.8 Å². The van der Waals surface area contributed by atoms with Gasteiger partial charge in [-0.3, -0.25) is 0 Å². The number of nitrogens with one attached hydrogen (secondary N) is 1. The van der Waals surface area contributed by atoms with E-state index in [1.807, 2.05) is 0 Å². The Balaban J connectivity index is 2.28. The first-order chi connectivity index (χ1) is 3.33. The zero-order chi connectivity index (χ0) is 5.33. The third-order valence-electron chi connectivity index (χ3n) is 2.03. The van der Waals surface area contributed by atoms with Gasteiger partial charge in [0.05, 0.1) is 0 Å². The minimum atomic E-state index is 0.583. The van der Waals surface area contributed by atoms with Gasteiger partial charge in [-0.2, -0.15) is 0 Å². The molecule has 1 aliphatic heterocycles. The average Bonchev–Trinajstić information content (AvgIpc) is 2.46. The molecule has 0 aromatic rings. The van der Waals surface area contributed by atoms with E-state index in [0.717, 1.165) is 0 Å². The lowest BCUT2D eigenvalue weighted by molar-refractivity contribution is 0.584. The Kier molecular flexibility index (Phi) is 1.08. The Bertz CT molecular complexity index is 58.6. The van der Waals surface area contributed by atoms with Crippen molar-refractivity contribution in [3.05, 3.63) is 0 Å². The van der Waals surface area contributed by atoms with Gasteiger partial charge in [0, 0.05) is 12.1 Å². The third-order valence-corrected chi connectivity index (χ3v) is 2.03. The molecule has 1 heteroatoms. The summed E-state index contributed by atoms with van der Waals surface area (Å²) in [4.78, 5) is 0. The first-order valence-corrected chi connectivity index (χ1v) is 3.08. The lowest BCUT2D eigenvalue weighted by Crippen LogP contribution is -2.10. The van der Waals surface area contributed by atoms with Crippen LogP contribution < -0.4 is 5.32 Å². The van der Waals surface area contributed by atoms with Crippen molar-refractivity contribution in [3.8, 4) is 0 Å². The van der Waals surface area contributed by atoms with Gasteiger partial charge in [0.15, 0.2) is 0 Å². The van der Waals surface area contributed by atoms with Crippen LogP contribution in [-0.4, -0.2) is 12.1 Å². The van der Waals surface area contributed by atoms with Crippen molar-refractivity contribution in [2.24, 2.45) is 0 Å². The summed E-state index contributed by atoms with van der Waals surface area (Å²) in [5.74, 6) is 0. The molecule has 0 unspecified atom stereocenters. The predicted octanol–water partition coefficient (Wildman–Crippen LogP) is 1.15. The van der Waals surface area contributed by atoms with Gasteiger partial charge < -0.3 is 5.32 Å². The van der Waals surface area contributed by atoms with Crippen LogP contribution in [0.5, 0.6) is 0 Å². The zero-order valence-electron chi connectivity index (χ0n) is 5.12. The van der Waals surface area contributed by atoms with Gasteiger partial charge in [-0.25, -0.2) is 0 Å². The molecular formula is C6H13N. The molecule has 0 atom stereocenters. The molecule has 1 heterocycles. The summed E-state index contributed by atoms with van der Waals surface area (Å²) in [6.07, 6.45) is 2.59. The van der Waals surface area contributed by atoms with Crippen molar-refractivity contribution in [1.29, 1.82) is 0 Å². The molecule has 0 saturated carbocycles. The highest BCUT2D eigenvalue weighted by Gasteiger charge is 2.37. The smallest absolute Gasteiger partial charge is 0.0302 e. The first kappa shape index (κ1) is 5.10. The molecule has 0 amide bonds. The van der Waals surface area contributed by atoms with Gasteiger partial charge >= 0.3 is 0 Å². The van der Waals surface area contributed by atoms with Crippen molar-refractivity contribution >= 4 is 0 Å². The monoisotopic (exact) mass is 99.1 g/mol. The van der Waals surface area contributed by atoms with Crippen LogP contribution in [0.4, 0.5) is 0 Å². The lowest BCUT2D eigenvalue weighted by Gasteiger charge is -2.02. The lowest BCUT2D eigenvalue weighted by atomic mass is 10.1. The van der Waals surface area contributed by atoms with Crippen LogP contribution in [0, 0.1) is 0 Å². The number of rotatable bonds is 2. The fourth-order valence-electron chi connectivity index (χ4n) is 0.875. The predicted molar refractivity (Wildman–Crippen MR) is 31.3 cm³/mol. The van der Waals surface area contributed by atoms with Crippen LogP contribution in [0.15, 0.2) is 0 Å². The summed E-state index contributed by atoms with van der Waals surface area (Å²) < 4.78 is 0. The largest absolute Gasteiger partial charge is 0.308 e. The molecule has 1 N–H and O–H groups in total. The van der Waals surface area contributed by atoms with E-state index in [1.165, 1.54) is 19.4 Å². The minimum absolute atomic E-state index is 0.583. The summed E-state index contributed by atoms with van der Waals surface area (Å²) in [5.41, 5.74) is 0.583. The Labute approximate surface area is 45.1 Å². The van der Waals surface area contributed by atoms with Crippen LogP contribution >= 0.6 is 0 Å². The van der Waals surface area contributed by atoms with E-state index in [0.29, 0.717) is 5.54 Å². The summed E-state index contributed by atoms with van der Waals surface area (Å²) in [7, 11) is 0. The standard InChI is InChI=1S/C6H13N/c1-3-6(4-2)5-7-6/h7H,3-5H2,1-2H3. The topological polar surface area (TPSA) is 21.9 Å². The van der Waals surface area contributed by atoms with Crippen LogP contribution in [0.2, 0.25) is 0 Å². The van der Waals surface area contributed by atoms with Crippen molar-refractivity contribution < 1.29 is 0 Å². The molecule has 7 heavy (non-hydrogen) atoms. The second kappa shape index (κ2) is 1.48. The SMILES string of the molecule is CCC1(CC)CN1. The summed E-state index contributed by atoms with van der Waals surface area (Å²) in [6, 6.07) is 0. The first-order valence-electron chi connectivity index (χ1n) is 3.08. The van der Waals surface area contributed by atoms with Gasteiger partial charge in [0.25, 0.3) is 0 Å². The van der Waals surface area contributed by atoms with Gasteiger partial charge in [-0.15, -0.1) is 0 Å². The molecule has 1 aliphatic rings. The van der Waals surface area contributed by atoms with Gasteiger partial charge in [0.2, 0.25) is 0 Å². The maximum atomic E-state index is 3.35. The molecule has 1 rings (SSSR count). The van der Waals surface area contributed by atoms with Gasteiger partial charge in [-0.05, 0) is 12.8 Å². The van der Waals surface area contributed by atoms with Gasteiger partial charge in [0.1, 0.15) is 0 Å². The highest BCUT2D eigenvalue weighted by molar-refractivity contribution is 5.00. The Morgan fingerprint density at radius 3 is 1.86 bits per heavy atom.